The van der Waals surface area contributed by atoms with Gasteiger partial charge in [-0.1, -0.05) is 42.5 Å². The zero-order valence-electron chi connectivity index (χ0n) is 19.6. The molecule has 0 spiro atoms. The molecule has 0 aliphatic rings. The van der Waals surface area contributed by atoms with Crippen LogP contribution in [0.5, 0.6) is 11.6 Å². The number of methoxy groups -OCH3 is 3. The molecule has 9 nitrogen and oxygen atoms in total. The molecule has 2 aromatic carbocycles. The molecule has 3 aromatic rings. The van der Waals surface area contributed by atoms with E-state index in [4.69, 9.17) is 18.9 Å². The highest BCUT2D eigenvalue weighted by atomic mass is 16.6. The Balaban J connectivity index is 2.30. The van der Waals surface area contributed by atoms with Crippen LogP contribution in [-0.4, -0.2) is 43.3 Å². The third-order valence-electron chi connectivity index (χ3n) is 5.52. The highest BCUT2D eigenvalue weighted by molar-refractivity contribution is 5.78. The zero-order chi connectivity index (χ0) is 24.9. The number of aromatic nitrogens is 1. The third kappa shape index (κ3) is 4.55. The summed E-state index contributed by atoms with van der Waals surface area (Å²) in [6.07, 6.45) is -1.48. The summed E-state index contributed by atoms with van der Waals surface area (Å²) < 4.78 is 22.4. The van der Waals surface area contributed by atoms with Gasteiger partial charge >= 0.3 is 11.7 Å². The SMILES string of the molecule is COC(=O)C(Oc1nc(C)cc(C)c1[N+](=O)[O-])C(OC)(c1ccccc1)c1ccc(OC)cc1. The van der Waals surface area contributed by atoms with E-state index >= 15 is 0 Å². The number of benzene rings is 2. The van der Waals surface area contributed by atoms with Crippen LogP contribution >= 0.6 is 0 Å². The highest BCUT2D eigenvalue weighted by Gasteiger charge is 2.50. The highest BCUT2D eigenvalue weighted by Crippen LogP contribution is 2.41. The van der Waals surface area contributed by atoms with Crippen LogP contribution in [0.15, 0.2) is 60.7 Å². The molecule has 34 heavy (non-hydrogen) atoms. The van der Waals surface area contributed by atoms with Crippen molar-refractivity contribution in [1.29, 1.82) is 0 Å². The molecule has 0 aliphatic heterocycles. The van der Waals surface area contributed by atoms with E-state index in [1.165, 1.54) is 14.2 Å². The molecule has 0 aliphatic carbocycles. The fraction of sp³-hybridized carbons (Fsp3) is 0.280. The first-order valence-corrected chi connectivity index (χ1v) is 10.4. The molecular formula is C25H26N2O7. The Kier molecular flexibility index (Phi) is 7.47. The molecule has 2 atom stereocenters. The molecule has 9 heteroatoms. The van der Waals surface area contributed by atoms with Gasteiger partial charge in [0.05, 0.1) is 19.1 Å². The van der Waals surface area contributed by atoms with Crippen molar-refractivity contribution in [1.82, 2.24) is 4.98 Å². The number of pyridine rings is 1. The van der Waals surface area contributed by atoms with Crippen LogP contribution in [0.1, 0.15) is 22.4 Å². The lowest BCUT2D eigenvalue weighted by atomic mass is 9.81. The lowest BCUT2D eigenvalue weighted by Crippen LogP contribution is -2.51. The summed E-state index contributed by atoms with van der Waals surface area (Å²) in [7, 11) is 4.18. The van der Waals surface area contributed by atoms with Crippen LogP contribution in [0, 0.1) is 24.0 Å². The Hall–Kier alpha value is -3.98. The number of aryl methyl sites for hydroxylation is 2. The van der Waals surface area contributed by atoms with Gasteiger partial charge in [0.25, 0.3) is 5.88 Å². The molecule has 3 rings (SSSR count). The number of ether oxygens (including phenoxy) is 4. The van der Waals surface area contributed by atoms with Crippen molar-refractivity contribution in [2.45, 2.75) is 25.6 Å². The minimum atomic E-state index is -1.53. The van der Waals surface area contributed by atoms with Crippen molar-refractivity contribution in [3.05, 3.63) is 93.2 Å². The minimum absolute atomic E-state index is 0.302. The van der Waals surface area contributed by atoms with E-state index in [9.17, 15) is 14.9 Å². The molecule has 0 radical (unpaired) electrons. The summed E-state index contributed by atoms with van der Waals surface area (Å²) in [5, 5.41) is 11.8. The van der Waals surface area contributed by atoms with Gasteiger partial charge in [0.15, 0.2) is 5.60 Å². The monoisotopic (exact) mass is 466 g/mol. The van der Waals surface area contributed by atoms with Crippen LogP contribution in [0.4, 0.5) is 5.69 Å². The third-order valence-corrected chi connectivity index (χ3v) is 5.52. The Labute approximate surface area is 197 Å². The van der Waals surface area contributed by atoms with E-state index in [1.54, 1.807) is 75.6 Å². The van der Waals surface area contributed by atoms with Gasteiger partial charge in [0.2, 0.25) is 6.10 Å². The number of carbonyl (C=O) groups excluding carboxylic acids is 1. The van der Waals surface area contributed by atoms with Gasteiger partial charge in [0.1, 0.15) is 5.75 Å². The average Bonchev–Trinajstić information content (AvgIpc) is 2.84. The first kappa shape index (κ1) is 24.7. The summed E-state index contributed by atoms with van der Waals surface area (Å²) in [6.45, 7) is 3.26. The molecule has 178 valence electrons. The molecule has 0 bridgehead atoms. The molecule has 0 saturated heterocycles. The standard InChI is InChI=1S/C25H26N2O7/c1-16-15-17(2)26-23(21(16)27(29)30)34-22(24(28)32-4)25(33-5,18-9-7-6-8-10-18)19-11-13-20(31-3)14-12-19/h6-15,22H,1-5H3. The fourth-order valence-corrected chi connectivity index (χ4v) is 3.95. The fourth-order valence-electron chi connectivity index (χ4n) is 3.95. The number of carbonyl (C=O) groups is 1. The second kappa shape index (κ2) is 10.3. The van der Waals surface area contributed by atoms with Gasteiger partial charge in [-0.05, 0) is 43.2 Å². The number of hydrogen-bond acceptors (Lipinski definition) is 8. The van der Waals surface area contributed by atoms with E-state index in [2.05, 4.69) is 4.98 Å². The van der Waals surface area contributed by atoms with Crippen LogP contribution < -0.4 is 9.47 Å². The van der Waals surface area contributed by atoms with Crippen LogP contribution in [0.3, 0.4) is 0 Å². The molecule has 1 heterocycles. The second-order valence-electron chi connectivity index (χ2n) is 7.55. The van der Waals surface area contributed by atoms with E-state index in [0.29, 0.717) is 28.1 Å². The lowest BCUT2D eigenvalue weighted by Gasteiger charge is -2.38. The second-order valence-corrected chi connectivity index (χ2v) is 7.55. The van der Waals surface area contributed by atoms with E-state index in [1.807, 2.05) is 6.07 Å². The number of rotatable bonds is 9. The topological polar surface area (TPSA) is 110 Å². The maximum atomic E-state index is 13.2. The number of nitro groups is 1. The summed E-state index contributed by atoms with van der Waals surface area (Å²) in [4.78, 5) is 28.7. The van der Waals surface area contributed by atoms with E-state index < -0.39 is 22.6 Å². The van der Waals surface area contributed by atoms with Crippen molar-refractivity contribution in [3.8, 4) is 11.6 Å². The van der Waals surface area contributed by atoms with Gasteiger partial charge in [-0.3, -0.25) is 10.1 Å². The first-order valence-electron chi connectivity index (χ1n) is 10.4. The molecule has 2 unspecified atom stereocenters. The Morgan fingerprint density at radius 2 is 1.62 bits per heavy atom. The lowest BCUT2D eigenvalue weighted by molar-refractivity contribution is -0.387. The van der Waals surface area contributed by atoms with Gasteiger partial charge in [-0.15, -0.1) is 0 Å². The summed E-state index contributed by atoms with van der Waals surface area (Å²) in [5.74, 6) is -0.496. The van der Waals surface area contributed by atoms with Gasteiger partial charge in [-0.2, -0.15) is 0 Å². The van der Waals surface area contributed by atoms with Crippen molar-refractivity contribution >= 4 is 11.7 Å². The van der Waals surface area contributed by atoms with Crippen molar-refractivity contribution < 1.29 is 28.7 Å². The normalized spacial score (nSPS) is 13.4. The maximum Gasteiger partial charge on any atom is 0.350 e. The van der Waals surface area contributed by atoms with Gasteiger partial charge in [0, 0.05) is 18.4 Å². The van der Waals surface area contributed by atoms with Crippen molar-refractivity contribution in [2.75, 3.05) is 21.3 Å². The largest absolute Gasteiger partial charge is 0.497 e. The van der Waals surface area contributed by atoms with Crippen LogP contribution in [0.2, 0.25) is 0 Å². The van der Waals surface area contributed by atoms with Crippen molar-refractivity contribution in [2.24, 2.45) is 0 Å². The molecule has 0 saturated carbocycles. The average molecular weight is 466 g/mol. The molecule has 0 fully saturated rings. The predicted octanol–water partition coefficient (Wildman–Crippen LogP) is 4.13. The molecular weight excluding hydrogens is 440 g/mol. The number of nitrogens with zero attached hydrogens (tertiary/aromatic N) is 2. The number of hydrogen-bond donors (Lipinski definition) is 0. The van der Waals surface area contributed by atoms with E-state index in [0.717, 1.165) is 0 Å². The Morgan fingerprint density at radius 3 is 2.15 bits per heavy atom. The van der Waals surface area contributed by atoms with Gasteiger partial charge < -0.3 is 18.9 Å². The molecule has 0 N–H and O–H groups in total. The summed E-state index contributed by atoms with van der Waals surface area (Å²) in [5.41, 5.74) is 0.0902. The smallest absolute Gasteiger partial charge is 0.350 e. The van der Waals surface area contributed by atoms with E-state index in [-0.39, 0.29) is 11.6 Å². The first-order chi connectivity index (χ1) is 16.3. The molecule has 1 aromatic heterocycles. The van der Waals surface area contributed by atoms with Crippen LogP contribution in [-0.2, 0) is 19.9 Å². The number of esters is 1. The Morgan fingerprint density at radius 1 is 1.00 bits per heavy atom. The summed E-state index contributed by atoms with van der Waals surface area (Å²) >= 11 is 0. The van der Waals surface area contributed by atoms with Crippen molar-refractivity contribution in [3.63, 3.8) is 0 Å². The minimum Gasteiger partial charge on any atom is -0.497 e. The summed E-state index contributed by atoms with van der Waals surface area (Å²) in [6, 6.07) is 17.4. The Bertz CT molecular complexity index is 1170. The quantitative estimate of drug-likeness (QED) is 0.263. The predicted molar refractivity (Wildman–Crippen MR) is 124 cm³/mol. The maximum absolute atomic E-state index is 13.2. The molecule has 0 amide bonds. The zero-order valence-corrected chi connectivity index (χ0v) is 19.6. The van der Waals surface area contributed by atoms with Crippen LogP contribution in [0.25, 0.3) is 0 Å². The van der Waals surface area contributed by atoms with Gasteiger partial charge in [-0.25, -0.2) is 9.78 Å².